The van der Waals surface area contributed by atoms with Gasteiger partial charge >= 0.3 is 6.03 Å². The lowest BCUT2D eigenvalue weighted by Crippen LogP contribution is -2.19. The van der Waals surface area contributed by atoms with Crippen LogP contribution in [0.5, 0.6) is 0 Å². The molecule has 0 atom stereocenters. The fraction of sp³-hybridized carbons (Fsp3) is 0.222. The molecule has 6 heteroatoms. The maximum absolute atomic E-state index is 11.4. The lowest BCUT2D eigenvalue weighted by Gasteiger charge is -2.03. The minimum absolute atomic E-state index is 0.0512. The van der Waals surface area contributed by atoms with E-state index in [0.29, 0.717) is 5.69 Å². The average molecular weight is 228 g/mol. The molecule has 82 valence electrons. The van der Waals surface area contributed by atoms with Gasteiger partial charge in [-0.15, -0.1) is 0 Å². The quantitative estimate of drug-likeness (QED) is 0.807. The van der Waals surface area contributed by atoms with E-state index in [-0.39, 0.29) is 10.6 Å². The van der Waals surface area contributed by atoms with Crippen molar-refractivity contribution in [3.63, 3.8) is 0 Å². The number of rotatable bonds is 3. The Labute approximate surface area is 88.2 Å². The summed E-state index contributed by atoms with van der Waals surface area (Å²) in [5.74, 6) is 0.0512. The van der Waals surface area contributed by atoms with E-state index in [1.54, 1.807) is 6.92 Å². The van der Waals surface area contributed by atoms with Gasteiger partial charge in [0.15, 0.2) is 9.84 Å². The number of carbonyl (C=O) groups is 1. The monoisotopic (exact) mass is 228 g/mol. The number of anilines is 1. The lowest BCUT2D eigenvalue weighted by atomic mass is 10.3. The van der Waals surface area contributed by atoms with Crippen LogP contribution in [0.25, 0.3) is 0 Å². The van der Waals surface area contributed by atoms with Crippen LogP contribution in [-0.4, -0.2) is 20.2 Å². The van der Waals surface area contributed by atoms with Crippen LogP contribution < -0.4 is 11.1 Å². The molecule has 0 aliphatic carbocycles. The van der Waals surface area contributed by atoms with E-state index in [1.165, 1.54) is 24.3 Å². The number of sulfone groups is 1. The van der Waals surface area contributed by atoms with Gasteiger partial charge in [-0.1, -0.05) is 6.92 Å². The molecule has 0 spiro atoms. The molecule has 1 rings (SSSR count). The van der Waals surface area contributed by atoms with Crippen LogP contribution in [0.4, 0.5) is 10.5 Å². The van der Waals surface area contributed by atoms with Crippen LogP contribution >= 0.6 is 0 Å². The molecular formula is C9H12N2O3S. The van der Waals surface area contributed by atoms with Gasteiger partial charge in [0.25, 0.3) is 0 Å². The molecule has 0 unspecified atom stereocenters. The molecule has 0 saturated carbocycles. The molecule has 2 amide bonds. The van der Waals surface area contributed by atoms with Gasteiger partial charge in [-0.05, 0) is 24.3 Å². The standard InChI is InChI=1S/C9H12N2O3S/c1-2-15(13,14)8-5-3-7(4-6-8)11-9(10)12/h3-6H,2H2,1H3,(H3,10,11,12). The fourth-order valence-electron chi connectivity index (χ4n) is 1.05. The Kier molecular flexibility index (Phi) is 3.31. The maximum Gasteiger partial charge on any atom is 0.316 e. The molecule has 0 heterocycles. The van der Waals surface area contributed by atoms with Crippen molar-refractivity contribution in [1.82, 2.24) is 0 Å². The number of carbonyl (C=O) groups excluding carboxylic acids is 1. The summed E-state index contributed by atoms with van der Waals surface area (Å²) in [4.78, 5) is 10.7. The highest BCUT2D eigenvalue weighted by Gasteiger charge is 2.10. The Morgan fingerprint density at radius 1 is 1.33 bits per heavy atom. The van der Waals surface area contributed by atoms with Crippen LogP contribution in [0.15, 0.2) is 29.2 Å². The molecular weight excluding hydrogens is 216 g/mol. The van der Waals surface area contributed by atoms with E-state index >= 15 is 0 Å². The molecule has 0 bridgehead atoms. The van der Waals surface area contributed by atoms with Crippen LogP contribution in [0, 0.1) is 0 Å². The maximum atomic E-state index is 11.4. The van der Waals surface area contributed by atoms with Crippen molar-refractivity contribution in [2.45, 2.75) is 11.8 Å². The molecule has 15 heavy (non-hydrogen) atoms. The summed E-state index contributed by atoms with van der Waals surface area (Å²) in [6.07, 6.45) is 0. The number of primary amides is 1. The fourth-order valence-corrected chi connectivity index (χ4v) is 1.94. The van der Waals surface area contributed by atoms with E-state index in [1.807, 2.05) is 0 Å². The number of nitrogens with one attached hydrogen (secondary N) is 1. The van der Waals surface area contributed by atoms with E-state index < -0.39 is 15.9 Å². The minimum Gasteiger partial charge on any atom is -0.351 e. The molecule has 0 fully saturated rings. The Morgan fingerprint density at radius 2 is 1.87 bits per heavy atom. The van der Waals surface area contributed by atoms with Crippen molar-refractivity contribution in [3.05, 3.63) is 24.3 Å². The van der Waals surface area contributed by atoms with Gasteiger partial charge in [-0.25, -0.2) is 13.2 Å². The summed E-state index contributed by atoms with van der Waals surface area (Å²) in [6, 6.07) is 5.18. The number of urea groups is 1. The SMILES string of the molecule is CCS(=O)(=O)c1ccc(NC(N)=O)cc1. The second-order valence-corrected chi connectivity index (χ2v) is 5.20. The van der Waals surface area contributed by atoms with Crippen molar-refractivity contribution < 1.29 is 13.2 Å². The van der Waals surface area contributed by atoms with Crippen LogP contribution in [0.3, 0.4) is 0 Å². The highest BCUT2D eigenvalue weighted by Crippen LogP contribution is 2.14. The van der Waals surface area contributed by atoms with Crippen LogP contribution in [0.2, 0.25) is 0 Å². The summed E-state index contributed by atoms with van der Waals surface area (Å²) in [5.41, 5.74) is 5.38. The highest BCUT2D eigenvalue weighted by atomic mass is 32.2. The number of hydrogen-bond donors (Lipinski definition) is 2. The predicted octanol–water partition coefficient (Wildman–Crippen LogP) is 0.971. The lowest BCUT2D eigenvalue weighted by molar-refractivity contribution is 0.259. The first-order valence-electron chi connectivity index (χ1n) is 4.35. The van der Waals surface area contributed by atoms with Crippen molar-refractivity contribution >= 4 is 21.6 Å². The molecule has 0 aromatic heterocycles. The Morgan fingerprint density at radius 3 is 2.27 bits per heavy atom. The molecule has 1 aromatic carbocycles. The molecule has 0 saturated heterocycles. The molecule has 0 aliphatic rings. The average Bonchev–Trinajstić information content (AvgIpc) is 2.18. The van der Waals surface area contributed by atoms with Crippen molar-refractivity contribution in [2.24, 2.45) is 5.73 Å². The predicted molar refractivity (Wildman–Crippen MR) is 57.4 cm³/mol. The summed E-state index contributed by atoms with van der Waals surface area (Å²) < 4.78 is 22.8. The zero-order chi connectivity index (χ0) is 11.5. The van der Waals surface area contributed by atoms with Crippen LogP contribution in [-0.2, 0) is 9.84 Å². The number of hydrogen-bond acceptors (Lipinski definition) is 3. The normalized spacial score (nSPS) is 11.0. The first-order valence-corrected chi connectivity index (χ1v) is 6.00. The summed E-state index contributed by atoms with van der Waals surface area (Å²) >= 11 is 0. The van der Waals surface area contributed by atoms with Crippen molar-refractivity contribution in [2.75, 3.05) is 11.1 Å². The van der Waals surface area contributed by atoms with Gasteiger partial charge in [-0.3, -0.25) is 0 Å². The number of benzene rings is 1. The van der Waals surface area contributed by atoms with Gasteiger partial charge in [0, 0.05) is 5.69 Å². The number of amides is 2. The first kappa shape index (κ1) is 11.5. The minimum atomic E-state index is -3.19. The third-order valence-electron chi connectivity index (χ3n) is 1.86. The van der Waals surface area contributed by atoms with E-state index in [4.69, 9.17) is 5.73 Å². The van der Waals surface area contributed by atoms with Gasteiger partial charge in [0.2, 0.25) is 0 Å². The molecule has 0 radical (unpaired) electrons. The summed E-state index contributed by atoms with van der Waals surface area (Å²) in [7, 11) is -3.19. The zero-order valence-electron chi connectivity index (χ0n) is 8.23. The number of nitrogens with two attached hydrogens (primary N) is 1. The third kappa shape index (κ3) is 2.95. The topological polar surface area (TPSA) is 89.3 Å². The second kappa shape index (κ2) is 4.31. The molecule has 0 aliphatic heterocycles. The van der Waals surface area contributed by atoms with Crippen molar-refractivity contribution in [1.29, 1.82) is 0 Å². The summed E-state index contributed by atoms with van der Waals surface area (Å²) in [5, 5.41) is 2.35. The zero-order valence-corrected chi connectivity index (χ0v) is 9.04. The second-order valence-electron chi connectivity index (χ2n) is 2.92. The molecule has 5 nitrogen and oxygen atoms in total. The smallest absolute Gasteiger partial charge is 0.316 e. The van der Waals surface area contributed by atoms with Gasteiger partial charge in [0.1, 0.15) is 0 Å². The van der Waals surface area contributed by atoms with Gasteiger partial charge in [-0.2, -0.15) is 0 Å². The van der Waals surface area contributed by atoms with E-state index in [2.05, 4.69) is 5.32 Å². The third-order valence-corrected chi connectivity index (χ3v) is 3.61. The van der Waals surface area contributed by atoms with E-state index in [0.717, 1.165) is 0 Å². The Bertz CT molecular complexity index is 451. The highest BCUT2D eigenvalue weighted by molar-refractivity contribution is 7.91. The summed E-state index contributed by atoms with van der Waals surface area (Å²) in [6.45, 7) is 1.57. The Hall–Kier alpha value is -1.56. The largest absolute Gasteiger partial charge is 0.351 e. The molecule has 3 N–H and O–H groups in total. The van der Waals surface area contributed by atoms with Crippen LogP contribution in [0.1, 0.15) is 6.92 Å². The van der Waals surface area contributed by atoms with E-state index in [9.17, 15) is 13.2 Å². The molecule has 1 aromatic rings. The Balaban J connectivity index is 2.95. The van der Waals surface area contributed by atoms with Crippen molar-refractivity contribution in [3.8, 4) is 0 Å². The van der Waals surface area contributed by atoms with Gasteiger partial charge < -0.3 is 11.1 Å². The van der Waals surface area contributed by atoms with Gasteiger partial charge in [0.05, 0.1) is 10.6 Å². The first-order chi connectivity index (χ1) is 6.95.